The molecule has 2 bridgehead atoms. The quantitative estimate of drug-likeness (QED) is 0.763. The third kappa shape index (κ3) is 2.54. The Balaban J connectivity index is 1.28. The first-order chi connectivity index (χ1) is 9.79. The highest BCUT2D eigenvalue weighted by Crippen LogP contribution is 2.47. The van der Waals surface area contributed by atoms with E-state index in [2.05, 4.69) is 16.7 Å². The second-order valence-corrected chi connectivity index (χ2v) is 8.23. The van der Waals surface area contributed by atoms with Crippen molar-refractivity contribution in [3.8, 4) is 0 Å². The monoisotopic (exact) mass is 276 g/mol. The molecule has 20 heavy (non-hydrogen) atoms. The third-order valence-electron chi connectivity index (χ3n) is 7.00. The second-order valence-electron chi connectivity index (χ2n) is 8.23. The lowest BCUT2D eigenvalue weighted by Gasteiger charge is -2.44. The van der Waals surface area contributed by atoms with Gasteiger partial charge in [0.2, 0.25) is 0 Å². The average Bonchev–Trinajstić information content (AvgIpc) is 3.11. The van der Waals surface area contributed by atoms with Crippen LogP contribution in [0, 0.1) is 17.8 Å². The summed E-state index contributed by atoms with van der Waals surface area (Å²) in [7, 11) is 0. The number of likely N-dealkylation sites (tertiary alicyclic amines) is 2. The Kier molecular flexibility index (Phi) is 3.80. The van der Waals surface area contributed by atoms with Crippen molar-refractivity contribution in [1.29, 1.82) is 0 Å². The molecule has 0 aromatic carbocycles. The van der Waals surface area contributed by atoms with Crippen molar-refractivity contribution in [2.24, 2.45) is 17.8 Å². The van der Waals surface area contributed by atoms with Gasteiger partial charge in [-0.15, -0.1) is 0 Å². The summed E-state index contributed by atoms with van der Waals surface area (Å²) in [4.78, 5) is 5.70. The highest BCUT2D eigenvalue weighted by molar-refractivity contribution is 4.97. The summed E-state index contributed by atoms with van der Waals surface area (Å²) in [6.07, 6.45) is 12.0. The molecule has 0 amide bonds. The molecule has 114 valence electrons. The van der Waals surface area contributed by atoms with E-state index in [1.54, 1.807) is 19.3 Å². The maximum atomic E-state index is 2.88. The zero-order valence-electron chi connectivity index (χ0n) is 13.3. The van der Waals surface area contributed by atoms with Crippen molar-refractivity contribution in [3.05, 3.63) is 0 Å². The van der Waals surface area contributed by atoms with Crippen LogP contribution in [-0.4, -0.2) is 48.1 Å². The van der Waals surface area contributed by atoms with Gasteiger partial charge in [0, 0.05) is 12.1 Å². The fourth-order valence-electron chi connectivity index (χ4n) is 5.63. The summed E-state index contributed by atoms with van der Waals surface area (Å²) >= 11 is 0. The highest BCUT2D eigenvalue weighted by Gasteiger charge is 2.43. The van der Waals surface area contributed by atoms with Crippen molar-refractivity contribution in [3.63, 3.8) is 0 Å². The van der Waals surface area contributed by atoms with E-state index >= 15 is 0 Å². The second kappa shape index (κ2) is 5.61. The normalized spacial score (nSPS) is 41.5. The van der Waals surface area contributed by atoms with Gasteiger partial charge in [-0.3, -0.25) is 4.90 Å². The molecule has 2 saturated carbocycles. The maximum absolute atomic E-state index is 2.88. The molecule has 0 aromatic heterocycles. The molecule has 2 heteroatoms. The Labute approximate surface area is 124 Å². The standard InChI is InChI=1S/C18H32N2/c1-14-4-8-19(9-5-14)17-6-10-20(11-7-17)18-13-15-2-3-16(18)12-15/h14-18H,2-13H2,1H3/t15-,16-,18+/m0/s1. The fraction of sp³-hybridized carbons (Fsp3) is 1.00. The summed E-state index contributed by atoms with van der Waals surface area (Å²) in [5.74, 6) is 3.15. The van der Waals surface area contributed by atoms with Gasteiger partial charge in [0.05, 0.1) is 0 Å². The van der Waals surface area contributed by atoms with Gasteiger partial charge in [0.15, 0.2) is 0 Å². The number of hydrogen-bond donors (Lipinski definition) is 0. The van der Waals surface area contributed by atoms with Crippen molar-refractivity contribution in [2.75, 3.05) is 26.2 Å². The molecule has 0 N–H and O–H groups in total. The summed E-state index contributed by atoms with van der Waals surface area (Å²) in [5.41, 5.74) is 0. The van der Waals surface area contributed by atoms with Gasteiger partial charge >= 0.3 is 0 Å². The summed E-state index contributed by atoms with van der Waals surface area (Å²) in [6.45, 7) is 7.96. The van der Waals surface area contributed by atoms with Crippen LogP contribution in [0.2, 0.25) is 0 Å². The summed E-state index contributed by atoms with van der Waals surface area (Å²) in [5, 5.41) is 0. The van der Waals surface area contributed by atoms with E-state index < -0.39 is 0 Å². The number of nitrogens with zero attached hydrogens (tertiary/aromatic N) is 2. The molecule has 4 fully saturated rings. The van der Waals surface area contributed by atoms with Gasteiger partial charge in [0.1, 0.15) is 0 Å². The fourth-order valence-corrected chi connectivity index (χ4v) is 5.63. The molecule has 2 aliphatic heterocycles. The molecule has 4 aliphatic rings. The Hall–Kier alpha value is -0.0800. The molecule has 0 radical (unpaired) electrons. The average molecular weight is 276 g/mol. The molecule has 0 aromatic rings. The first-order valence-electron chi connectivity index (χ1n) is 9.27. The SMILES string of the molecule is CC1CCN(C2CCN([C@@H]3C[C@H]4CC[C@H]3C4)CC2)CC1. The van der Waals surface area contributed by atoms with E-state index in [0.29, 0.717) is 0 Å². The predicted molar refractivity (Wildman–Crippen MR) is 83.8 cm³/mol. The lowest BCUT2D eigenvalue weighted by atomic mass is 9.90. The topological polar surface area (TPSA) is 6.48 Å². The molecular weight excluding hydrogens is 244 g/mol. The molecular formula is C18H32N2. The lowest BCUT2D eigenvalue weighted by Crippen LogP contribution is -2.50. The van der Waals surface area contributed by atoms with E-state index in [4.69, 9.17) is 0 Å². The molecule has 0 unspecified atom stereocenters. The Morgan fingerprint density at radius 1 is 0.700 bits per heavy atom. The van der Waals surface area contributed by atoms with E-state index in [1.165, 1.54) is 58.3 Å². The lowest BCUT2D eigenvalue weighted by molar-refractivity contribution is 0.0497. The van der Waals surface area contributed by atoms with E-state index in [0.717, 1.165) is 29.8 Å². The molecule has 3 atom stereocenters. The Morgan fingerprint density at radius 2 is 1.40 bits per heavy atom. The number of hydrogen-bond acceptors (Lipinski definition) is 2. The summed E-state index contributed by atoms with van der Waals surface area (Å²) < 4.78 is 0. The van der Waals surface area contributed by atoms with Crippen LogP contribution in [0.1, 0.15) is 58.3 Å². The zero-order valence-corrected chi connectivity index (χ0v) is 13.3. The highest BCUT2D eigenvalue weighted by atomic mass is 15.2. The largest absolute Gasteiger partial charge is 0.300 e. The minimum absolute atomic E-state index is 0.914. The van der Waals surface area contributed by atoms with Crippen molar-refractivity contribution >= 4 is 0 Å². The number of fused-ring (bicyclic) bond motifs is 2. The van der Waals surface area contributed by atoms with E-state index in [-0.39, 0.29) is 0 Å². The van der Waals surface area contributed by atoms with E-state index in [1.807, 2.05) is 0 Å². The van der Waals surface area contributed by atoms with E-state index in [9.17, 15) is 0 Å². The molecule has 2 nitrogen and oxygen atoms in total. The smallest absolute Gasteiger partial charge is 0.0126 e. The van der Waals surface area contributed by atoms with Crippen molar-refractivity contribution in [2.45, 2.75) is 70.4 Å². The number of piperidine rings is 2. The molecule has 2 heterocycles. The van der Waals surface area contributed by atoms with Gasteiger partial charge in [-0.05, 0) is 88.9 Å². The molecule has 2 saturated heterocycles. The van der Waals surface area contributed by atoms with Crippen LogP contribution in [-0.2, 0) is 0 Å². The van der Waals surface area contributed by atoms with Crippen LogP contribution >= 0.6 is 0 Å². The molecule has 2 aliphatic carbocycles. The first kappa shape index (κ1) is 13.6. The third-order valence-corrected chi connectivity index (χ3v) is 7.00. The molecule has 0 spiro atoms. The minimum atomic E-state index is 0.914. The maximum Gasteiger partial charge on any atom is 0.0126 e. The van der Waals surface area contributed by atoms with Gasteiger partial charge in [-0.1, -0.05) is 13.3 Å². The Bertz CT molecular complexity index is 326. The van der Waals surface area contributed by atoms with Crippen molar-refractivity contribution < 1.29 is 0 Å². The van der Waals surface area contributed by atoms with Gasteiger partial charge < -0.3 is 4.90 Å². The van der Waals surface area contributed by atoms with Crippen LogP contribution in [0.4, 0.5) is 0 Å². The van der Waals surface area contributed by atoms with Crippen LogP contribution in [0.15, 0.2) is 0 Å². The van der Waals surface area contributed by atoms with Gasteiger partial charge in [0.25, 0.3) is 0 Å². The van der Waals surface area contributed by atoms with Crippen LogP contribution in [0.3, 0.4) is 0 Å². The number of rotatable bonds is 2. The minimum Gasteiger partial charge on any atom is -0.300 e. The summed E-state index contributed by atoms with van der Waals surface area (Å²) in [6, 6.07) is 1.90. The zero-order chi connectivity index (χ0) is 13.5. The molecule has 4 rings (SSSR count). The van der Waals surface area contributed by atoms with Crippen LogP contribution < -0.4 is 0 Å². The first-order valence-corrected chi connectivity index (χ1v) is 9.27. The van der Waals surface area contributed by atoms with Crippen LogP contribution in [0.25, 0.3) is 0 Å². The van der Waals surface area contributed by atoms with Gasteiger partial charge in [-0.2, -0.15) is 0 Å². The predicted octanol–water partition coefficient (Wildman–Crippen LogP) is 3.37. The van der Waals surface area contributed by atoms with Crippen LogP contribution in [0.5, 0.6) is 0 Å². The van der Waals surface area contributed by atoms with Gasteiger partial charge in [-0.25, -0.2) is 0 Å². The Morgan fingerprint density at radius 3 is 2.00 bits per heavy atom. The van der Waals surface area contributed by atoms with Crippen molar-refractivity contribution in [1.82, 2.24) is 9.80 Å².